The number of halogens is 1. The van der Waals surface area contributed by atoms with Crippen molar-refractivity contribution >= 4 is 17.9 Å². The third-order valence-corrected chi connectivity index (χ3v) is 0.750. The SMILES string of the molecule is CC(Cl)/C=C(/N)N=CN. The van der Waals surface area contributed by atoms with Gasteiger partial charge in [-0.25, -0.2) is 4.99 Å². The first-order valence-electron chi connectivity index (χ1n) is 2.52. The number of alkyl halides is 1. The van der Waals surface area contributed by atoms with Gasteiger partial charge in [0.1, 0.15) is 5.82 Å². The smallest absolute Gasteiger partial charge is 0.122 e. The van der Waals surface area contributed by atoms with Gasteiger partial charge in [-0.2, -0.15) is 0 Å². The third kappa shape index (κ3) is 5.17. The van der Waals surface area contributed by atoms with Crippen molar-refractivity contribution in [3.63, 3.8) is 0 Å². The fraction of sp³-hybridized carbons (Fsp3) is 0.400. The van der Waals surface area contributed by atoms with Crippen LogP contribution in [0.25, 0.3) is 0 Å². The van der Waals surface area contributed by atoms with Crippen molar-refractivity contribution in [3.05, 3.63) is 11.9 Å². The van der Waals surface area contributed by atoms with E-state index < -0.39 is 0 Å². The second-order valence-electron chi connectivity index (χ2n) is 1.55. The molecule has 0 radical (unpaired) electrons. The summed E-state index contributed by atoms with van der Waals surface area (Å²) >= 11 is 5.54. The lowest BCUT2D eigenvalue weighted by atomic mass is 10.4. The highest BCUT2D eigenvalue weighted by Gasteiger charge is 1.89. The summed E-state index contributed by atoms with van der Waals surface area (Å²) in [5, 5.41) is -0.103. The Bertz CT molecular complexity index is 128. The molecule has 0 bridgehead atoms. The monoisotopic (exact) mass is 147 g/mol. The zero-order chi connectivity index (χ0) is 7.28. The summed E-state index contributed by atoms with van der Waals surface area (Å²) in [6.07, 6.45) is 2.73. The number of hydrogen-bond acceptors (Lipinski definition) is 2. The summed E-state index contributed by atoms with van der Waals surface area (Å²) in [5.74, 6) is 0.347. The molecule has 4 N–H and O–H groups in total. The number of aliphatic imine (C=N–C) groups is 1. The summed E-state index contributed by atoms with van der Waals surface area (Å²) in [7, 11) is 0. The molecule has 1 atom stereocenters. The Morgan fingerprint density at radius 3 is 2.67 bits per heavy atom. The number of hydrogen-bond donors (Lipinski definition) is 2. The van der Waals surface area contributed by atoms with Crippen LogP contribution < -0.4 is 11.5 Å². The number of rotatable bonds is 2. The van der Waals surface area contributed by atoms with Crippen molar-refractivity contribution in [2.75, 3.05) is 0 Å². The summed E-state index contributed by atoms with van der Waals surface area (Å²) in [5.41, 5.74) is 10.2. The van der Waals surface area contributed by atoms with Gasteiger partial charge in [0.2, 0.25) is 0 Å². The molecule has 0 rings (SSSR count). The highest BCUT2D eigenvalue weighted by molar-refractivity contribution is 6.21. The van der Waals surface area contributed by atoms with Crippen LogP contribution in [0.5, 0.6) is 0 Å². The Morgan fingerprint density at radius 1 is 1.78 bits per heavy atom. The summed E-state index contributed by atoms with van der Waals surface area (Å²) in [4.78, 5) is 3.57. The fourth-order valence-corrected chi connectivity index (χ4v) is 0.493. The van der Waals surface area contributed by atoms with Crippen LogP contribution in [0.15, 0.2) is 16.9 Å². The minimum absolute atomic E-state index is 0.103. The summed E-state index contributed by atoms with van der Waals surface area (Å²) in [6, 6.07) is 0. The Kier molecular flexibility index (Phi) is 3.88. The van der Waals surface area contributed by atoms with Gasteiger partial charge >= 0.3 is 0 Å². The first-order chi connectivity index (χ1) is 4.16. The lowest BCUT2D eigenvalue weighted by Crippen LogP contribution is -2.00. The van der Waals surface area contributed by atoms with E-state index in [0.717, 1.165) is 6.34 Å². The minimum Gasteiger partial charge on any atom is -0.390 e. The molecule has 0 saturated carbocycles. The highest BCUT2D eigenvalue weighted by Crippen LogP contribution is 1.97. The molecule has 0 aliphatic carbocycles. The minimum atomic E-state index is -0.103. The maximum atomic E-state index is 5.54. The van der Waals surface area contributed by atoms with Gasteiger partial charge in [0, 0.05) is 0 Å². The van der Waals surface area contributed by atoms with E-state index in [9.17, 15) is 0 Å². The second kappa shape index (κ2) is 4.21. The van der Waals surface area contributed by atoms with Gasteiger partial charge < -0.3 is 11.5 Å². The zero-order valence-corrected chi connectivity index (χ0v) is 5.97. The molecule has 0 aromatic carbocycles. The van der Waals surface area contributed by atoms with Gasteiger partial charge in [-0.05, 0) is 13.0 Å². The van der Waals surface area contributed by atoms with E-state index in [1.54, 1.807) is 13.0 Å². The lowest BCUT2D eigenvalue weighted by Gasteiger charge is -1.92. The van der Waals surface area contributed by atoms with Gasteiger partial charge in [-0.1, -0.05) is 0 Å². The molecule has 9 heavy (non-hydrogen) atoms. The van der Waals surface area contributed by atoms with Crippen molar-refractivity contribution in [1.82, 2.24) is 0 Å². The average molecular weight is 148 g/mol. The standard InChI is InChI=1S/C5H10ClN3/c1-4(6)2-5(8)9-3-7/h2-4H,8H2,1H3,(H2,7,9)/b5-2-. The van der Waals surface area contributed by atoms with Gasteiger partial charge in [0.15, 0.2) is 0 Å². The Hall–Kier alpha value is -0.700. The fourth-order valence-electron chi connectivity index (χ4n) is 0.364. The molecular weight excluding hydrogens is 138 g/mol. The molecule has 0 spiro atoms. The predicted molar refractivity (Wildman–Crippen MR) is 40.3 cm³/mol. The van der Waals surface area contributed by atoms with E-state index in [-0.39, 0.29) is 5.38 Å². The van der Waals surface area contributed by atoms with Crippen LogP contribution in [0.4, 0.5) is 0 Å². The zero-order valence-electron chi connectivity index (χ0n) is 5.21. The van der Waals surface area contributed by atoms with Crippen molar-refractivity contribution < 1.29 is 0 Å². The van der Waals surface area contributed by atoms with Crippen LogP contribution in [-0.2, 0) is 0 Å². The molecule has 0 fully saturated rings. The molecule has 0 aromatic rings. The third-order valence-electron chi connectivity index (χ3n) is 0.624. The molecule has 0 aliphatic heterocycles. The lowest BCUT2D eigenvalue weighted by molar-refractivity contribution is 1.14. The van der Waals surface area contributed by atoms with Gasteiger partial charge in [-0.3, -0.25) is 0 Å². The largest absolute Gasteiger partial charge is 0.390 e. The van der Waals surface area contributed by atoms with Crippen LogP contribution >= 0.6 is 11.6 Å². The highest BCUT2D eigenvalue weighted by atomic mass is 35.5. The van der Waals surface area contributed by atoms with E-state index >= 15 is 0 Å². The van der Waals surface area contributed by atoms with Crippen molar-refractivity contribution in [2.24, 2.45) is 16.5 Å². The molecular formula is C5H10ClN3. The van der Waals surface area contributed by atoms with Gasteiger partial charge in [0.05, 0.1) is 11.7 Å². The molecule has 1 unspecified atom stereocenters. The van der Waals surface area contributed by atoms with Crippen LogP contribution in [0.3, 0.4) is 0 Å². The van der Waals surface area contributed by atoms with Crippen LogP contribution in [0, 0.1) is 0 Å². The molecule has 0 aliphatic rings. The van der Waals surface area contributed by atoms with Gasteiger partial charge in [0.25, 0.3) is 0 Å². The van der Waals surface area contributed by atoms with Gasteiger partial charge in [-0.15, -0.1) is 11.6 Å². The first-order valence-corrected chi connectivity index (χ1v) is 2.96. The van der Waals surface area contributed by atoms with E-state index in [1.165, 1.54) is 0 Å². The maximum absolute atomic E-state index is 5.54. The van der Waals surface area contributed by atoms with E-state index in [0.29, 0.717) is 5.82 Å². The molecule has 52 valence electrons. The molecule has 0 saturated heterocycles. The first kappa shape index (κ1) is 8.30. The Labute approximate surface area is 59.4 Å². The summed E-state index contributed by atoms with van der Waals surface area (Å²) in [6.45, 7) is 1.79. The molecule has 4 heteroatoms. The second-order valence-corrected chi connectivity index (χ2v) is 2.24. The Balaban J connectivity index is 3.84. The van der Waals surface area contributed by atoms with Crippen LogP contribution in [0.1, 0.15) is 6.92 Å². The number of allylic oxidation sites excluding steroid dienone is 1. The number of nitrogens with two attached hydrogens (primary N) is 2. The van der Waals surface area contributed by atoms with Crippen LogP contribution in [-0.4, -0.2) is 11.7 Å². The van der Waals surface area contributed by atoms with Crippen molar-refractivity contribution in [3.8, 4) is 0 Å². The Morgan fingerprint density at radius 2 is 2.33 bits per heavy atom. The predicted octanol–water partition coefficient (Wildman–Crippen LogP) is 0.401. The quantitative estimate of drug-likeness (QED) is 0.337. The van der Waals surface area contributed by atoms with E-state index in [1.807, 2.05) is 0 Å². The molecule has 0 aromatic heterocycles. The summed E-state index contributed by atoms with van der Waals surface area (Å²) < 4.78 is 0. The normalized spacial score (nSPS) is 16.4. The van der Waals surface area contributed by atoms with Crippen molar-refractivity contribution in [1.29, 1.82) is 0 Å². The van der Waals surface area contributed by atoms with Crippen molar-refractivity contribution in [2.45, 2.75) is 12.3 Å². The molecule has 0 heterocycles. The maximum Gasteiger partial charge on any atom is 0.122 e. The number of nitrogens with zero attached hydrogens (tertiary/aromatic N) is 1. The average Bonchev–Trinajstić information content (AvgIpc) is 1.63. The van der Waals surface area contributed by atoms with Crippen LogP contribution in [0.2, 0.25) is 0 Å². The van der Waals surface area contributed by atoms with E-state index in [2.05, 4.69) is 4.99 Å². The molecule has 0 amide bonds. The molecule has 3 nitrogen and oxygen atoms in total. The topological polar surface area (TPSA) is 64.4 Å². The van der Waals surface area contributed by atoms with E-state index in [4.69, 9.17) is 23.1 Å².